The number of piperidine rings is 1. The minimum Gasteiger partial charge on any atom is -0.487 e. The highest BCUT2D eigenvalue weighted by molar-refractivity contribution is 7.09. The first kappa shape index (κ1) is 19.8. The molecule has 2 aromatic rings. The number of nitrogens with one attached hydrogen (secondary N) is 1. The van der Waals surface area contributed by atoms with Gasteiger partial charge in [0.1, 0.15) is 12.4 Å². The van der Waals surface area contributed by atoms with E-state index in [1.165, 1.54) is 25.9 Å². The Morgan fingerprint density at radius 2 is 2.19 bits per heavy atom. The van der Waals surface area contributed by atoms with Crippen LogP contribution in [0, 0.1) is 12.8 Å². The van der Waals surface area contributed by atoms with Crippen LogP contribution in [0.25, 0.3) is 0 Å². The Bertz CT molecular complexity index is 739. The summed E-state index contributed by atoms with van der Waals surface area (Å²) in [7, 11) is 0. The van der Waals surface area contributed by atoms with Crippen molar-refractivity contribution in [2.45, 2.75) is 39.7 Å². The number of thiazole rings is 1. The third-order valence-corrected chi connectivity index (χ3v) is 5.78. The zero-order chi connectivity index (χ0) is 19.1. The van der Waals surface area contributed by atoms with Gasteiger partial charge >= 0.3 is 0 Å². The normalized spacial score (nSPS) is 15.6. The molecule has 0 spiro atoms. The molecule has 1 aliphatic heterocycles. The molecule has 0 bridgehead atoms. The van der Waals surface area contributed by atoms with Gasteiger partial charge in [0, 0.05) is 17.5 Å². The van der Waals surface area contributed by atoms with Gasteiger partial charge in [-0.25, -0.2) is 4.98 Å². The number of hydrogen-bond donors (Lipinski definition) is 1. The van der Waals surface area contributed by atoms with Gasteiger partial charge in [0.2, 0.25) is 0 Å². The van der Waals surface area contributed by atoms with E-state index in [4.69, 9.17) is 4.74 Å². The van der Waals surface area contributed by atoms with Gasteiger partial charge in [-0.1, -0.05) is 13.0 Å². The number of likely N-dealkylation sites (tertiary alicyclic amines) is 1. The summed E-state index contributed by atoms with van der Waals surface area (Å²) < 4.78 is 5.77. The van der Waals surface area contributed by atoms with Crippen LogP contribution in [0.4, 0.5) is 0 Å². The Morgan fingerprint density at radius 3 is 2.93 bits per heavy atom. The molecule has 5 nitrogen and oxygen atoms in total. The fourth-order valence-electron chi connectivity index (χ4n) is 3.25. The molecule has 0 unspecified atom stereocenters. The Balaban J connectivity index is 1.40. The maximum Gasteiger partial charge on any atom is 0.251 e. The van der Waals surface area contributed by atoms with Crippen LogP contribution in [0.15, 0.2) is 29.6 Å². The number of carbonyl (C=O) groups is 1. The number of aromatic nitrogens is 1. The van der Waals surface area contributed by atoms with E-state index in [1.54, 1.807) is 17.4 Å². The van der Waals surface area contributed by atoms with Crippen LogP contribution in [0.3, 0.4) is 0 Å². The van der Waals surface area contributed by atoms with Gasteiger partial charge in [0.15, 0.2) is 0 Å². The van der Waals surface area contributed by atoms with Crippen molar-refractivity contribution in [1.82, 2.24) is 15.2 Å². The van der Waals surface area contributed by atoms with Gasteiger partial charge in [-0.2, -0.15) is 0 Å². The zero-order valence-electron chi connectivity index (χ0n) is 16.2. The van der Waals surface area contributed by atoms with Crippen LogP contribution in [0.2, 0.25) is 0 Å². The smallest absolute Gasteiger partial charge is 0.251 e. The second-order valence-corrected chi connectivity index (χ2v) is 8.37. The van der Waals surface area contributed by atoms with Crippen LogP contribution in [0.1, 0.15) is 47.2 Å². The third-order valence-electron chi connectivity index (χ3n) is 4.96. The molecule has 6 heteroatoms. The summed E-state index contributed by atoms with van der Waals surface area (Å²) in [4.78, 5) is 19.3. The molecule has 1 amide bonds. The van der Waals surface area contributed by atoms with Gasteiger partial charge in [-0.3, -0.25) is 4.79 Å². The van der Waals surface area contributed by atoms with E-state index in [-0.39, 0.29) is 5.91 Å². The maximum atomic E-state index is 12.4. The molecule has 0 aliphatic carbocycles. The average Bonchev–Trinajstić information content (AvgIpc) is 3.10. The van der Waals surface area contributed by atoms with Crippen LogP contribution in [-0.4, -0.2) is 42.0 Å². The fourth-order valence-corrected chi connectivity index (χ4v) is 3.85. The minimum atomic E-state index is -0.0442. The van der Waals surface area contributed by atoms with Crippen LogP contribution in [0.5, 0.6) is 5.75 Å². The van der Waals surface area contributed by atoms with Gasteiger partial charge in [-0.15, -0.1) is 11.3 Å². The Labute approximate surface area is 165 Å². The number of ether oxygens (including phenoxy) is 1. The van der Waals surface area contributed by atoms with Crippen LogP contribution in [-0.2, 0) is 6.61 Å². The minimum absolute atomic E-state index is 0.0442. The first-order chi connectivity index (χ1) is 13.1. The lowest BCUT2D eigenvalue weighted by Gasteiger charge is -2.30. The number of rotatable bonds is 8. The van der Waals surface area contributed by atoms with Crippen molar-refractivity contribution < 1.29 is 9.53 Å². The first-order valence-electron chi connectivity index (χ1n) is 9.74. The molecule has 1 aromatic heterocycles. The Kier molecular flexibility index (Phi) is 7.24. The molecule has 1 aromatic carbocycles. The summed E-state index contributed by atoms with van der Waals surface area (Å²) in [6.45, 7) is 8.86. The van der Waals surface area contributed by atoms with Crippen molar-refractivity contribution >= 4 is 17.2 Å². The van der Waals surface area contributed by atoms with E-state index < -0.39 is 0 Å². The number of aryl methyl sites for hydroxylation is 1. The van der Waals surface area contributed by atoms with E-state index in [0.717, 1.165) is 29.6 Å². The lowest BCUT2D eigenvalue weighted by atomic mass is 9.99. The highest BCUT2D eigenvalue weighted by Gasteiger charge is 2.15. The van der Waals surface area contributed by atoms with E-state index in [2.05, 4.69) is 22.1 Å². The van der Waals surface area contributed by atoms with E-state index in [1.807, 2.05) is 30.5 Å². The lowest BCUT2D eigenvalue weighted by Crippen LogP contribution is -2.35. The van der Waals surface area contributed by atoms with Gasteiger partial charge in [-0.05, 0) is 69.9 Å². The predicted molar refractivity (Wildman–Crippen MR) is 109 cm³/mol. The van der Waals surface area contributed by atoms with Crippen LogP contribution < -0.4 is 10.1 Å². The maximum absolute atomic E-state index is 12.4. The quantitative estimate of drug-likeness (QED) is 0.699. The fraction of sp³-hybridized carbons (Fsp3) is 0.524. The van der Waals surface area contributed by atoms with Crippen molar-refractivity contribution in [3.63, 3.8) is 0 Å². The number of benzene rings is 1. The standard InChI is InChI=1S/C21H29N3O2S/c1-16-7-11-24(12-8-16)10-4-9-22-21(25)18-5-3-6-20(13-18)26-14-19-15-27-17(2)23-19/h3,5-6,13,15-16H,4,7-12,14H2,1-2H3,(H,22,25). The molecule has 0 saturated carbocycles. The zero-order valence-corrected chi connectivity index (χ0v) is 17.1. The number of amides is 1. The monoisotopic (exact) mass is 387 g/mol. The van der Waals surface area contributed by atoms with E-state index >= 15 is 0 Å². The second-order valence-electron chi connectivity index (χ2n) is 7.31. The van der Waals surface area contributed by atoms with E-state index in [9.17, 15) is 4.79 Å². The number of carbonyl (C=O) groups excluding carboxylic acids is 1. The molecule has 1 fully saturated rings. The molecule has 2 heterocycles. The molecular formula is C21H29N3O2S. The summed E-state index contributed by atoms with van der Waals surface area (Å²) in [5, 5.41) is 6.04. The first-order valence-corrected chi connectivity index (χ1v) is 10.6. The summed E-state index contributed by atoms with van der Waals surface area (Å²) >= 11 is 1.61. The molecule has 0 radical (unpaired) electrons. The second kappa shape index (κ2) is 9.85. The van der Waals surface area contributed by atoms with Crippen molar-refractivity contribution in [1.29, 1.82) is 0 Å². The van der Waals surface area contributed by atoms with Gasteiger partial charge in [0.05, 0.1) is 10.7 Å². The highest BCUT2D eigenvalue weighted by atomic mass is 32.1. The van der Waals surface area contributed by atoms with E-state index in [0.29, 0.717) is 24.5 Å². The number of nitrogens with zero attached hydrogens (tertiary/aromatic N) is 2. The lowest BCUT2D eigenvalue weighted by molar-refractivity contribution is 0.0950. The molecule has 27 heavy (non-hydrogen) atoms. The SMILES string of the molecule is Cc1nc(COc2cccc(C(=O)NCCCN3CCC(C)CC3)c2)cs1. The van der Waals surface area contributed by atoms with Crippen molar-refractivity contribution in [3.8, 4) is 5.75 Å². The molecular weight excluding hydrogens is 358 g/mol. The van der Waals surface area contributed by atoms with Gasteiger partial charge < -0.3 is 15.0 Å². The molecule has 1 N–H and O–H groups in total. The molecule has 146 valence electrons. The Hall–Kier alpha value is -1.92. The summed E-state index contributed by atoms with van der Waals surface area (Å²) in [6.07, 6.45) is 3.57. The summed E-state index contributed by atoms with van der Waals surface area (Å²) in [5.41, 5.74) is 1.55. The topological polar surface area (TPSA) is 54.5 Å². The summed E-state index contributed by atoms with van der Waals surface area (Å²) in [6, 6.07) is 7.33. The largest absolute Gasteiger partial charge is 0.487 e. The predicted octanol–water partition coefficient (Wildman–Crippen LogP) is 3.88. The van der Waals surface area contributed by atoms with Crippen LogP contribution >= 0.6 is 11.3 Å². The highest BCUT2D eigenvalue weighted by Crippen LogP contribution is 2.17. The van der Waals surface area contributed by atoms with Crippen molar-refractivity contribution in [2.24, 2.45) is 5.92 Å². The van der Waals surface area contributed by atoms with Crippen molar-refractivity contribution in [3.05, 3.63) is 45.9 Å². The molecule has 1 saturated heterocycles. The van der Waals surface area contributed by atoms with Crippen molar-refractivity contribution in [2.75, 3.05) is 26.2 Å². The third kappa shape index (κ3) is 6.33. The summed E-state index contributed by atoms with van der Waals surface area (Å²) in [5.74, 6) is 1.50. The average molecular weight is 388 g/mol. The van der Waals surface area contributed by atoms with Gasteiger partial charge in [0.25, 0.3) is 5.91 Å². The molecule has 1 aliphatic rings. The number of hydrogen-bond acceptors (Lipinski definition) is 5. The molecule has 0 atom stereocenters. The molecule has 3 rings (SSSR count). The Morgan fingerprint density at radius 1 is 1.37 bits per heavy atom.